The Hall–Kier alpha value is -3.61. The number of anilines is 1. The van der Waals surface area contributed by atoms with Gasteiger partial charge in [-0.05, 0) is 35.9 Å². The van der Waals surface area contributed by atoms with E-state index in [-0.39, 0.29) is 23.8 Å². The van der Waals surface area contributed by atoms with Crippen LogP contribution in [0.1, 0.15) is 15.9 Å². The summed E-state index contributed by atoms with van der Waals surface area (Å²) in [4.78, 5) is 24.7. The molecule has 1 aromatic heterocycles. The monoisotopic (exact) mass is 382 g/mol. The number of rotatable bonds is 6. The lowest BCUT2D eigenvalue weighted by molar-refractivity contribution is 0.102. The van der Waals surface area contributed by atoms with Gasteiger partial charge in [0, 0.05) is 24.0 Å². The zero-order valence-electron chi connectivity index (χ0n) is 15.4. The summed E-state index contributed by atoms with van der Waals surface area (Å²) in [6.07, 6.45) is 1.47. The molecular weight excluding hydrogens is 363 g/mol. The molecule has 0 bridgehead atoms. The standard InChI is InChI=1S/C21H19FN2O4/c1-27-18-9-8-17(11-19(18)28-2)23-21(26)15-5-10-20(25)24(13-15)12-14-3-6-16(22)7-4-14/h3-11,13H,12H2,1-2H3,(H,23,26). The van der Waals surface area contributed by atoms with Crippen LogP contribution in [0.3, 0.4) is 0 Å². The Morgan fingerprint density at radius 2 is 1.71 bits per heavy atom. The smallest absolute Gasteiger partial charge is 0.257 e. The maximum Gasteiger partial charge on any atom is 0.257 e. The van der Waals surface area contributed by atoms with E-state index in [2.05, 4.69) is 5.32 Å². The number of methoxy groups -OCH3 is 2. The maximum atomic E-state index is 13.0. The normalized spacial score (nSPS) is 10.4. The second-order valence-corrected chi connectivity index (χ2v) is 6.03. The van der Waals surface area contributed by atoms with Gasteiger partial charge in [0.2, 0.25) is 0 Å². The second-order valence-electron chi connectivity index (χ2n) is 6.03. The van der Waals surface area contributed by atoms with E-state index in [4.69, 9.17) is 9.47 Å². The molecule has 0 radical (unpaired) electrons. The Balaban J connectivity index is 1.80. The van der Waals surface area contributed by atoms with Crippen LogP contribution in [0.2, 0.25) is 0 Å². The van der Waals surface area contributed by atoms with Gasteiger partial charge in [-0.25, -0.2) is 4.39 Å². The summed E-state index contributed by atoms with van der Waals surface area (Å²) in [6, 6.07) is 13.6. The molecule has 3 aromatic rings. The number of amides is 1. The molecule has 0 spiro atoms. The summed E-state index contributed by atoms with van der Waals surface area (Å²) in [5.41, 5.74) is 1.34. The molecule has 0 aliphatic heterocycles. The van der Waals surface area contributed by atoms with Crippen molar-refractivity contribution in [2.45, 2.75) is 6.54 Å². The largest absolute Gasteiger partial charge is 0.493 e. The highest BCUT2D eigenvalue weighted by Gasteiger charge is 2.11. The lowest BCUT2D eigenvalue weighted by Crippen LogP contribution is -2.22. The topological polar surface area (TPSA) is 69.6 Å². The van der Waals surface area contributed by atoms with E-state index in [1.165, 1.54) is 49.2 Å². The van der Waals surface area contributed by atoms with Crippen LogP contribution in [0, 0.1) is 5.82 Å². The molecule has 0 atom stereocenters. The number of aromatic nitrogens is 1. The number of benzene rings is 2. The van der Waals surface area contributed by atoms with Crippen molar-refractivity contribution in [3.05, 3.63) is 88.1 Å². The lowest BCUT2D eigenvalue weighted by atomic mass is 10.2. The molecular formula is C21H19FN2O4. The van der Waals surface area contributed by atoms with E-state index in [0.717, 1.165) is 5.56 Å². The third-order valence-corrected chi connectivity index (χ3v) is 4.15. The number of hydrogen-bond donors (Lipinski definition) is 1. The number of nitrogens with one attached hydrogen (secondary N) is 1. The molecule has 0 saturated carbocycles. The minimum absolute atomic E-state index is 0.233. The summed E-state index contributed by atoms with van der Waals surface area (Å²) in [6.45, 7) is 0.233. The average molecular weight is 382 g/mol. The first-order valence-electron chi connectivity index (χ1n) is 8.48. The van der Waals surface area contributed by atoms with Gasteiger partial charge in [0.25, 0.3) is 11.5 Å². The minimum atomic E-state index is -0.375. The Morgan fingerprint density at radius 1 is 1.00 bits per heavy atom. The fourth-order valence-corrected chi connectivity index (χ4v) is 2.69. The number of pyridine rings is 1. The van der Waals surface area contributed by atoms with Gasteiger partial charge in [-0.2, -0.15) is 0 Å². The molecule has 3 rings (SSSR count). The Labute approximate surface area is 161 Å². The zero-order valence-corrected chi connectivity index (χ0v) is 15.4. The van der Waals surface area contributed by atoms with Gasteiger partial charge in [0.15, 0.2) is 11.5 Å². The Bertz CT molecular complexity index is 1050. The highest BCUT2D eigenvalue weighted by Crippen LogP contribution is 2.29. The van der Waals surface area contributed by atoms with Gasteiger partial charge >= 0.3 is 0 Å². The van der Waals surface area contributed by atoms with Crippen molar-refractivity contribution < 1.29 is 18.7 Å². The number of halogens is 1. The van der Waals surface area contributed by atoms with E-state index in [1.807, 2.05) is 0 Å². The third-order valence-electron chi connectivity index (χ3n) is 4.15. The van der Waals surface area contributed by atoms with Crippen LogP contribution in [0.5, 0.6) is 11.5 Å². The predicted molar refractivity (Wildman–Crippen MR) is 104 cm³/mol. The summed E-state index contributed by atoms with van der Waals surface area (Å²) >= 11 is 0. The summed E-state index contributed by atoms with van der Waals surface area (Å²) in [7, 11) is 3.04. The molecule has 28 heavy (non-hydrogen) atoms. The van der Waals surface area contributed by atoms with Crippen LogP contribution in [-0.2, 0) is 6.54 Å². The fourth-order valence-electron chi connectivity index (χ4n) is 2.69. The molecule has 6 nitrogen and oxygen atoms in total. The SMILES string of the molecule is COc1ccc(NC(=O)c2ccc(=O)n(Cc3ccc(F)cc3)c2)cc1OC. The van der Waals surface area contributed by atoms with Crippen LogP contribution in [0.4, 0.5) is 10.1 Å². The average Bonchev–Trinajstić information content (AvgIpc) is 2.71. The molecule has 1 N–H and O–H groups in total. The highest BCUT2D eigenvalue weighted by molar-refractivity contribution is 6.04. The molecule has 144 valence electrons. The molecule has 2 aromatic carbocycles. The minimum Gasteiger partial charge on any atom is -0.493 e. The van der Waals surface area contributed by atoms with Crippen molar-refractivity contribution in [2.24, 2.45) is 0 Å². The van der Waals surface area contributed by atoms with E-state index < -0.39 is 0 Å². The summed E-state index contributed by atoms with van der Waals surface area (Å²) in [5, 5.41) is 2.76. The number of carbonyl (C=O) groups excluding carboxylic acids is 1. The summed E-state index contributed by atoms with van der Waals surface area (Å²) < 4.78 is 24.8. The van der Waals surface area contributed by atoms with Crippen molar-refractivity contribution in [3.63, 3.8) is 0 Å². The molecule has 0 aliphatic carbocycles. The van der Waals surface area contributed by atoms with Crippen molar-refractivity contribution in [2.75, 3.05) is 19.5 Å². The van der Waals surface area contributed by atoms with E-state index in [0.29, 0.717) is 22.7 Å². The molecule has 1 amide bonds. The fraction of sp³-hybridized carbons (Fsp3) is 0.143. The van der Waals surface area contributed by atoms with E-state index >= 15 is 0 Å². The number of carbonyl (C=O) groups is 1. The number of nitrogens with zero attached hydrogens (tertiary/aromatic N) is 1. The molecule has 0 aliphatic rings. The summed E-state index contributed by atoms with van der Waals surface area (Å²) in [5.74, 6) is 0.314. The van der Waals surface area contributed by atoms with Crippen LogP contribution < -0.4 is 20.3 Å². The third kappa shape index (κ3) is 4.37. The predicted octanol–water partition coefficient (Wildman–Crippen LogP) is 3.31. The Kier molecular flexibility index (Phi) is 5.74. The van der Waals surface area contributed by atoms with Gasteiger partial charge in [0.1, 0.15) is 5.82 Å². The van der Waals surface area contributed by atoms with Crippen LogP contribution in [0.15, 0.2) is 65.6 Å². The van der Waals surface area contributed by atoms with Gasteiger partial charge in [-0.3, -0.25) is 9.59 Å². The number of ether oxygens (including phenoxy) is 2. The highest BCUT2D eigenvalue weighted by atomic mass is 19.1. The van der Waals surface area contributed by atoms with Crippen LogP contribution >= 0.6 is 0 Å². The van der Waals surface area contributed by atoms with Gasteiger partial charge in [-0.15, -0.1) is 0 Å². The first kappa shape index (κ1) is 19.2. The van der Waals surface area contributed by atoms with Gasteiger partial charge < -0.3 is 19.4 Å². The van der Waals surface area contributed by atoms with Crippen LogP contribution in [-0.4, -0.2) is 24.7 Å². The second kappa shape index (κ2) is 8.39. The molecule has 0 unspecified atom stereocenters. The Morgan fingerprint density at radius 3 is 2.39 bits per heavy atom. The molecule has 1 heterocycles. The molecule has 7 heteroatoms. The van der Waals surface area contributed by atoms with Crippen molar-refractivity contribution >= 4 is 11.6 Å². The van der Waals surface area contributed by atoms with Crippen molar-refractivity contribution in [1.29, 1.82) is 0 Å². The van der Waals surface area contributed by atoms with Crippen LogP contribution in [0.25, 0.3) is 0 Å². The first-order chi connectivity index (χ1) is 13.5. The van der Waals surface area contributed by atoms with E-state index in [1.54, 1.807) is 30.3 Å². The zero-order chi connectivity index (χ0) is 20.1. The molecule has 0 fully saturated rings. The first-order valence-corrected chi connectivity index (χ1v) is 8.48. The van der Waals surface area contributed by atoms with Crippen molar-refractivity contribution in [1.82, 2.24) is 4.57 Å². The molecule has 0 saturated heterocycles. The van der Waals surface area contributed by atoms with Crippen molar-refractivity contribution in [3.8, 4) is 11.5 Å². The maximum absolute atomic E-state index is 13.0. The van der Waals surface area contributed by atoms with Gasteiger partial charge in [-0.1, -0.05) is 12.1 Å². The number of hydrogen-bond acceptors (Lipinski definition) is 4. The quantitative estimate of drug-likeness (QED) is 0.710. The van der Waals surface area contributed by atoms with Gasteiger partial charge in [0.05, 0.1) is 26.3 Å². The van der Waals surface area contributed by atoms with E-state index in [9.17, 15) is 14.0 Å². The lowest BCUT2D eigenvalue weighted by Gasteiger charge is -2.12.